The lowest BCUT2D eigenvalue weighted by molar-refractivity contribution is 0.0336. The summed E-state index contributed by atoms with van der Waals surface area (Å²) in [6.07, 6.45) is 3.68. The molecule has 150 valence electrons. The van der Waals surface area contributed by atoms with Crippen molar-refractivity contribution in [3.05, 3.63) is 42.0 Å². The number of halogens is 1. The lowest BCUT2D eigenvalue weighted by Gasteiger charge is -2.31. The monoisotopic (exact) mass is 388 g/mol. The van der Waals surface area contributed by atoms with Gasteiger partial charge in [-0.05, 0) is 37.1 Å². The van der Waals surface area contributed by atoms with Crippen LogP contribution < -0.4 is 5.32 Å². The minimum absolute atomic E-state index is 0.156. The number of likely N-dealkylation sites (tertiary alicyclic amines) is 1. The maximum absolute atomic E-state index is 13.0. The van der Waals surface area contributed by atoms with E-state index in [-0.39, 0.29) is 17.9 Å². The number of aromatic nitrogens is 3. The molecule has 2 aromatic rings. The summed E-state index contributed by atoms with van der Waals surface area (Å²) in [7, 11) is 0. The van der Waals surface area contributed by atoms with E-state index in [0.29, 0.717) is 18.8 Å². The molecule has 0 spiro atoms. The van der Waals surface area contributed by atoms with Crippen molar-refractivity contribution < 1.29 is 13.9 Å². The molecule has 0 saturated carbocycles. The maximum atomic E-state index is 13.0. The van der Waals surface area contributed by atoms with Crippen molar-refractivity contribution in [2.75, 3.05) is 44.7 Å². The number of benzene rings is 1. The molecule has 3 heterocycles. The Balaban J connectivity index is 1.26. The summed E-state index contributed by atoms with van der Waals surface area (Å²) in [6, 6.07) is 5.89. The van der Waals surface area contributed by atoms with Gasteiger partial charge in [0.1, 0.15) is 5.82 Å². The topological polar surface area (TPSA) is 75.5 Å². The summed E-state index contributed by atoms with van der Waals surface area (Å²) in [6.45, 7) is 5.48. The van der Waals surface area contributed by atoms with Gasteiger partial charge in [0.25, 0.3) is 0 Å². The molecule has 4 rings (SSSR count). The Morgan fingerprint density at radius 1 is 1.14 bits per heavy atom. The Labute approximate surface area is 163 Å². The highest BCUT2D eigenvalue weighted by Crippen LogP contribution is 2.22. The fourth-order valence-corrected chi connectivity index (χ4v) is 3.62. The Kier molecular flexibility index (Phi) is 5.82. The van der Waals surface area contributed by atoms with Gasteiger partial charge in [-0.3, -0.25) is 4.90 Å². The quantitative estimate of drug-likeness (QED) is 0.868. The minimum atomic E-state index is -0.320. The molecule has 8 nitrogen and oxygen atoms in total. The minimum Gasteiger partial charge on any atom is -0.379 e. The smallest absolute Gasteiger partial charge is 0.321 e. The van der Waals surface area contributed by atoms with Crippen molar-refractivity contribution in [1.82, 2.24) is 24.8 Å². The first kappa shape index (κ1) is 18.8. The van der Waals surface area contributed by atoms with Gasteiger partial charge in [0, 0.05) is 38.4 Å². The fraction of sp³-hybridized carbons (Fsp3) is 0.526. The number of amides is 2. The number of hydrogen-bond acceptors (Lipinski definition) is 5. The van der Waals surface area contributed by atoms with Crippen molar-refractivity contribution in [2.24, 2.45) is 0 Å². The highest BCUT2D eigenvalue weighted by atomic mass is 19.1. The van der Waals surface area contributed by atoms with Crippen LogP contribution in [0.3, 0.4) is 0 Å². The Bertz CT molecular complexity index is 782. The van der Waals surface area contributed by atoms with Gasteiger partial charge in [-0.25, -0.2) is 13.9 Å². The molecular formula is C19H25FN6O2. The standard InChI is InChI=1S/C19H25FN6O2/c20-15-1-3-16(4-2-15)21-19(27)25-7-5-18(6-8-25)26-14-17(22-23-26)13-24-9-11-28-12-10-24/h1-4,14,18H,5-13H2,(H,21,27). The molecule has 0 unspecified atom stereocenters. The molecule has 1 aromatic heterocycles. The lowest BCUT2D eigenvalue weighted by Crippen LogP contribution is -2.41. The van der Waals surface area contributed by atoms with Gasteiger partial charge in [0.05, 0.1) is 31.1 Å². The molecular weight excluding hydrogens is 363 g/mol. The molecule has 2 saturated heterocycles. The first-order chi connectivity index (χ1) is 13.7. The zero-order valence-corrected chi connectivity index (χ0v) is 15.8. The first-order valence-electron chi connectivity index (χ1n) is 9.70. The van der Waals surface area contributed by atoms with E-state index in [0.717, 1.165) is 51.4 Å². The van der Waals surface area contributed by atoms with Crippen LogP contribution in [0, 0.1) is 5.82 Å². The van der Waals surface area contributed by atoms with Crippen molar-refractivity contribution >= 4 is 11.7 Å². The van der Waals surface area contributed by atoms with Crippen molar-refractivity contribution in [3.8, 4) is 0 Å². The number of urea groups is 1. The summed E-state index contributed by atoms with van der Waals surface area (Å²) in [5.74, 6) is -0.320. The third-order valence-corrected chi connectivity index (χ3v) is 5.27. The molecule has 2 fully saturated rings. The predicted molar refractivity (Wildman–Crippen MR) is 101 cm³/mol. The highest BCUT2D eigenvalue weighted by molar-refractivity contribution is 5.89. The predicted octanol–water partition coefficient (Wildman–Crippen LogP) is 2.12. The van der Waals surface area contributed by atoms with Crippen LogP contribution in [0.25, 0.3) is 0 Å². The Hall–Kier alpha value is -2.52. The first-order valence-corrected chi connectivity index (χ1v) is 9.70. The van der Waals surface area contributed by atoms with Gasteiger partial charge in [-0.2, -0.15) is 0 Å². The van der Waals surface area contributed by atoms with Crippen LogP contribution >= 0.6 is 0 Å². The Morgan fingerprint density at radius 2 is 1.86 bits per heavy atom. The SMILES string of the molecule is O=C(Nc1ccc(F)cc1)N1CCC(n2cc(CN3CCOCC3)nn2)CC1. The van der Waals surface area contributed by atoms with E-state index in [1.165, 1.54) is 12.1 Å². The normalized spacial score (nSPS) is 19.0. The summed E-state index contributed by atoms with van der Waals surface area (Å²) >= 11 is 0. The van der Waals surface area contributed by atoms with Gasteiger partial charge >= 0.3 is 6.03 Å². The molecule has 0 aliphatic carbocycles. The molecule has 1 aromatic carbocycles. The average Bonchev–Trinajstić information content (AvgIpc) is 3.19. The number of carbonyl (C=O) groups excluding carboxylic acids is 1. The molecule has 2 aliphatic heterocycles. The third-order valence-electron chi connectivity index (χ3n) is 5.27. The van der Waals surface area contributed by atoms with E-state index in [1.54, 1.807) is 17.0 Å². The number of carbonyl (C=O) groups is 1. The van der Waals surface area contributed by atoms with Crippen LogP contribution in [-0.4, -0.2) is 70.2 Å². The van der Waals surface area contributed by atoms with Crippen LogP contribution in [0.5, 0.6) is 0 Å². The molecule has 0 atom stereocenters. The van der Waals surface area contributed by atoms with Crippen molar-refractivity contribution in [1.29, 1.82) is 0 Å². The number of anilines is 1. The van der Waals surface area contributed by atoms with Crippen LogP contribution in [-0.2, 0) is 11.3 Å². The van der Waals surface area contributed by atoms with E-state index in [2.05, 4.69) is 20.5 Å². The number of nitrogens with one attached hydrogen (secondary N) is 1. The summed E-state index contributed by atoms with van der Waals surface area (Å²) in [5, 5.41) is 11.4. The molecule has 2 aliphatic rings. The second kappa shape index (κ2) is 8.66. The summed E-state index contributed by atoms with van der Waals surface area (Å²) < 4.78 is 20.3. The van der Waals surface area contributed by atoms with Gasteiger partial charge in [0.2, 0.25) is 0 Å². The van der Waals surface area contributed by atoms with Gasteiger partial charge in [-0.1, -0.05) is 5.21 Å². The van der Waals surface area contributed by atoms with Gasteiger partial charge < -0.3 is 15.0 Å². The molecule has 2 amide bonds. The summed E-state index contributed by atoms with van der Waals surface area (Å²) in [5.41, 5.74) is 1.57. The van der Waals surface area contributed by atoms with Crippen LogP contribution in [0.4, 0.5) is 14.9 Å². The summed E-state index contributed by atoms with van der Waals surface area (Å²) in [4.78, 5) is 16.5. The number of hydrogen-bond donors (Lipinski definition) is 1. The fourth-order valence-electron chi connectivity index (χ4n) is 3.62. The lowest BCUT2D eigenvalue weighted by atomic mass is 10.1. The van der Waals surface area contributed by atoms with E-state index in [4.69, 9.17) is 4.74 Å². The zero-order valence-electron chi connectivity index (χ0n) is 15.8. The largest absolute Gasteiger partial charge is 0.379 e. The Morgan fingerprint density at radius 3 is 2.57 bits per heavy atom. The third kappa shape index (κ3) is 4.66. The molecule has 9 heteroatoms. The number of morpholine rings is 1. The van der Waals surface area contributed by atoms with E-state index < -0.39 is 0 Å². The van der Waals surface area contributed by atoms with E-state index >= 15 is 0 Å². The molecule has 0 radical (unpaired) electrons. The number of ether oxygens (including phenoxy) is 1. The second-order valence-corrected chi connectivity index (χ2v) is 7.23. The van der Waals surface area contributed by atoms with Crippen LogP contribution in [0.1, 0.15) is 24.6 Å². The van der Waals surface area contributed by atoms with E-state index in [9.17, 15) is 9.18 Å². The highest BCUT2D eigenvalue weighted by Gasteiger charge is 2.25. The van der Waals surface area contributed by atoms with Crippen molar-refractivity contribution in [2.45, 2.75) is 25.4 Å². The number of piperidine rings is 1. The number of nitrogens with zero attached hydrogens (tertiary/aromatic N) is 5. The van der Waals surface area contributed by atoms with Crippen molar-refractivity contribution in [3.63, 3.8) is 0 Å². The van der Waals surface area contributed by atoms with Gasteiger partial charge in [0.15, 0.2) is 0 Å². The molecule has 0 bridgehead atoms. The second-order valence-electron chi connectivity index (χ2n) is 7.23. The maximum Gasteiger partial charge on any atom is 0.321 e. The zero-order chi connectivity index (χ0) is 19.3. The molecule has 1 N–H and O–H groups in total. The van der Waals surface area contributed by atoms with E-state index in [1.807, 2.05) is 10.9 Å². The van der Waals surface area contributed by atoms with Crippen LogP contribution in [0.2, 0.25) is 0 Å². The van der Waals surface area contributed by atoms with Gasteiger partial charge in [-0.15, -0.1) is 5.10 Å². The average molecular weight is 388 g/mol. The molecule has 28 heavy (non-hydrogen) atoms. The number of rotatable bonds is 4. The van der Waals surface area contributed by atoms with Crippen LogP contribution in [0.15, 0.2) is 30.5 Å².